The Morgan fingerprint density at radius 2 is 1.70 bits per heavy atom. The molecule has 0 aliphatic carbocycles. The Bertz CT molecular complexity index is 392. The number of amides is 1. The second-order valence-corrected chi connectivity index (χ2v) is 6.27. The number of carbonyl (C=O) groups is 1. The number of nitrogens with zero attached hydrogens (tertiary/aromatic N) is 1. The van der Waals surface area contributed by atoms with Gasteiger partial charge in [-0.15, -0.1) is 0 Å². The summed E-state index contributed by atoms with van der Waals surface area (Å²) in [5.74, 6) is 0.197. The van der Waals surface area contributed by atoms with E-state index in [0.29, 0.717) is 6.42 Å². The van der Waals surface area contributed by atoms with E-state index in [-0.39, 0.29) is 5.91 Å². The van der Waals surface area contributed by atoms with Crippen LogP contribution in [-0.2, 0) is 4.79 Å². The van der Waals surface area contributed by atoms with E-state index < -0.39 is 0 Å². The number of unbranched alkanes of at least 4 members (excludes halogenated alkanes) is 5. The van der Waals surface area contributed by atoms with Gasteiger partial charge in [0.2, 0.25) is 5.91 Å². The number of carbonyl (C=O) groups excluding carboxylic acids is 1. The predicted molar refractivity (Wildman–Crippen MR) is 87.5 cm³/mol. The molecule has 1 rings (SSSR count). The van der Waals surface area contributed by atoms with Crippen molar-refractivity contribution in [2.24, 2.45) is 0 Å². The summed E-state index contributed by atoms with van der Waals surface area (Å²) in [5.41, 5.74) is 6.39. The molecule has 0 aromatic heterocycles. The molecular formula is C16H26N2OS. The van der Waals surface area contributed by atoms with Gasteiger partial charge < -0.3 is 5.73 Å². The van der Waals surface area contributed by atoms with Crippen molar-refractivity contribution in [3.05, 3.63) is 24.3 Å². The van der Waals surface area contributed by atoms with Crippen LogP contribution in [0.3, 0.4) is 0 Å². The molecule has 0 aliphatic rings. The molecule has 0 spiro atoms. The second-order valence-electron chi connectivity index (χ2n) is 5.07. The van der Waals surface area contributed by atoms with Crippen molar-refractivity contribution >= 4 is 23.5 Å². The highest BCUT2D eigenvalue weighted by atomic mass is 32.2. The largest absolute Gasteiger partial charge is 0.399 e. The Morgan fingerprint density at radius 1 is 1.10 bits per heavy atom. The van der Waals surface area contributed by atoms with E-state index in [1.165, 1.54) is 37.6 Å². The van der Waals surface area contributed by atoms with E-state index in [1.54, 1.807) is 4.31 Å². The fourth-order valence-electron chi connectivity index (χ4n) is 1.95. The van der Waals surface area contributed by atoms with E-state index in [1.807, 2.05) is 31.3 Å². The van der Waals surface area contributed by atoms with Crippen molar-refractivity contribution < 1.29 is 4.79 Å². The van der Waals surface area contributed by atoms with E-state index in [9.17, 15) is 4.79 Å². The third-order valence-corrected chi connectivity index (χ3v) is 4.18. The average Bonchev–Trinajstić information content (AvgIpc) is 2.45. The summed E-state index contributed by atoms with van der Waals surface area (Å²) in [6.45, 7) is 2.22. The van der Waals surface area contributed by atoms with Gasteiger partial charge in [-0.05, 0) is 42.6 Å². The lowest BCUT2D eigenvalue weighted by Crippen LogP contribution is -2.18. The predicted octanol–water partition coefficient (Wildman–Crippen LogP) is 4.48. The number of nitrogens with two attached hydrogens (primary N) is 1. The van der Waals surface area contributed by atoms with E-state index in [4.69, 9.17) is 5.73 Å². The molecule has 1 amide bonds. The molecule has 1 aromatic carbocycles. The van der Waals surface area contributed by atoms with Gasteiger partial charge in [-0.25, -0.2) is 0 Å². The minimum atomic E-state index is 0.197. The molecule has 20 heavy (non-hydrogen) atoms. The standard InChI is InChI=1S/C16H26N2OS/c1-3-4-5-6-7-8-9-16(19)18(2)20-15-12-10-14(17)11-13-15/h10-13H,3-9,17H2,1-2H3. The Labute approximate surface area is 127 Å². The Hall–Kier alpha value is -1.16. The summed E-state index contributed by atoms with van der Waals surface area (Å²) in [7, 11) is 1.83. The number of benzene rings is 1. The van der Waals surface area contributed by atoms with Crippen molar-refractivity contribution in [1.82, 2.24) is 4.31 Å². The van der Waals surface area contributed by atoms with Gasteiger partial charge in [-0.3, -0.25) is 9.10 Å². The molecule has 1 aromatic rings. The van der Waals surface area contributed by atoms with Crippen LogP contribution in [0.5, 0.6) is 0 Å². The maximum Gasteiger partial charge on any atom is 0.232 e. The monoisotopic (exact) mass is 294 g/mol. The number of anilines is 1. The minimum Gasteiger partial charge on any atom is -0.399 e. The Balaban J connectivity index is 2.20. The van der Waals surface area contributed by atoms with Crippen LogP contribution < -0.4 is 5.73 Å². The van der Waals surface area contributed by atoms with Crippen LogP contribution in [0.4, 0.5) is 5.69 Å². The average molecular weight is 294 g/mol. The molecular weight excluding hydrogens is 268 g/mol. The van der Waals surface area contributed by atoms with Crippen LogP contribution >= 0.6 is 11.9 Å². The lowest BCUT2D eigenvalue weighted by Gasteiger charge is -2.15. The maximum absolute atomic E-state index is 12.0. The molecule has 2 N–H and O–H groups in total. The van der Waals surface area contributed by atoms with E-state index in [0.717, 1.165) is 23.4 Å². The SMILES string of the molecule is CCCCCCCCC(=O)N(C)Sc1ccc(N)cc1. The number of rotatable bonds is 9. The summed E-state index contributed by atoms with van der Waals surface area (Å²) in [6, 6.07) is 7.59. The second kappa shape index (κ2) is 9.70. The van der Waals surface area contributed by atoms with Gasteiger partial charge in [0.05, 0.1) is 0 Å². The van der Waals surface area contributed by atoms with Crippen molar-refractivity contribution in [2.45, 2.75) is 56.8 Å². The van der Waals surface area contributed by atoms with Crippen molar-refractivity contribution in [1.29, 1.82) is 0 Å². The van der Waals surface area contributed by atoms with Crippen LogP contribution in [0, 0.1) is 0 Å². The quantitative estimate of drug-likeness (QED) is 0.415. The molecule has 0 fully saturated rings. The van der Waals surface area contributed by atoms with Gasteiger partial charge in [0.25, 0.3) is 0 Å². The smallest absolute Gasteiger partial charge is 0.232 e. The zero-order valence-electron chi connectivity index (χ0n) is 12.6. The number of nitrogen functional groups attached to an aromatic ring is 1. The zero-order valence-corrected chi connectivity index (χ0v) is 13.4. The van der Waals surface area contributed by atoms with Gasteiger partial charge in [-0.1, -0.05) is 39.0 Å². The van der Waals surface area contributed by atoms with Crippen molar-refractivity contribution in [3.8, 4) is 0 Å². The van der Waals surface area contributed by atoms with Crippen LogP contribution in [0.2, 0.25) is 0 Å². The molecule has 0 saturated carbocycles. The van der Waals surface area contributed by atoms with Crippen LogP contribution in [-0.4, -0.2) is 17.3 Å². The summed E-state index contributed by atoms with van der Waals surface area (Å²) < 4.78 is 1.72. The fraction of sp³-hybridized carbons (Fsp3) is 0.562. The lowest BCUT2D eigenvalue weighted by molar-refractivity contribution is -0.125. The van der Waals surface area contributed by atoms with Gasteiger partial charge in [0, 0.05) is 24.1 Å². The maximum atomic E-state index is 12.0. The summed E-state index contributed by atoms with van der Waals surface area (Å²) in [6.07, 6.45) is 7.91. The molecule has 3 nitrogen and oxygen atoms in total. The first-order chi connectivity index (χ1) is 9.63. The third-order valence-electron chi connectivity index (χ3n) is 3.22. The highest BCUT2D eigenvalue weighted by molar-refractivity contribution is 7.97. The molecule has 0 saturated heterocycles. The third kappa shape index (κ3) is 6.85. The normalized spacial score (nSPS) is 10.5. The van der Waals surface area contributed by atoms with Gasteiger partial charge in [-0.2, -0.15) is 0 Å². The summed E-state index contributed by atoms with van der Waals surface area (Å²) >= 11 is 1.46. The van der Waals surface area contributed by atoms with Gasteiger partial charge in [0.15, 0.2) is 0 Å². The Morgan fingerprint density at radius 3 is 2.35 bits per heavy atom. The van der Waals surface area contributed by atoms with Crippen molar-refractivity contribution in [3.63, 3.8) is 0 Å². The minimum absolute atomic E-state index is 0.197. The van der Waals surface area contributed by atoms with E-state index >= 15 is 0 Å². The highest BCUT2D eigenvalue weighted by Gasteiger charge is 2.09. The number of hydrogen-bond acceptors (Lipinski definition) is 3. The molecule has 112 valence electrons. The summed E-state index contributed by atoms with van der Waals surface area (Å²) in [5, 5.41) is 0. The van der Waals surface area contributed by atoms with Gasteiger partial charge >= 0.3 is 0 Å². The molecule has 0 radical (unpaired) electrons. The van der Waals surface area contributed by atoms with Gasteiger partial charge in [0.1, 0.15) is 0 Å². The molecule has 0 aliphatic heterocycles. The van der Waals surface area contributed by atoms with Crippen molar-refractivity contribution in [2.75, 3.05) is 12.8 Å². The van der Waals surface area contributed by atoms with Crippen LogP contribution in [0.25, 0.3) is 0 Å². The first-order valence-electron chi connectivity index (χ1n) is 7.43. The first kappa shape index (κ1) is 16.9. The topological polar surface area (TPSA) is 46.3 Å². The van der Waals surface area contributed by atoms with Crippen LogP contribution in [0.15, 0.2) is 29.2 Å². The summed E-state index contributed by atoms with van der Waals surface area (Å²) in [4.78, 5) is 13.0. The molecule has 0 atom stereocenters. The van der Waals surface area contributed by atoms with Crippen LogP contribution in [0.1, 0.15) is 51.9 Å². The lowest BCUT2D eigenvalue weighted by atomic mass is 10.1. The highest BCUT2D eigenvalue weighted by Crippen LogP contribution is 2.23. The zero-order chi connectivity index (χ0) is 14.8. The molecule has 0 unspecified atom stereocenters. The molecule has 4 heteroatoms. The Kier molecular flexibility index (Phi) is 8.19. The molecule has 0 bridgehead atoms. The number of hydrogen-bond donors (Lipinski definition) is 1. The molecule has 0 heterocycles. The van der Waals surface area contributed by atoms with E-state index in [2.05, 4.69) is 6.92 Å². The first-order valence-corrected chi connectivity index (χ1v) is 8.21. The fourth-order valence-corrected chi connectivity index (χ4v) is 2.72.